The largest absolute Gasteiger partial charge is 0.395 e. The quantitative estimate of drug-likeness (QED) is 0.673. The van der Waals surface area contributed by atoms with Gasteiger partial charge in [0.25, 0.3) is 0 Å². The minimum absolute atomic E-state index is 0.0121. The monoisotopic (exact) mass is 303 g/mol. The number of hydrogen-bond acceptors (Lipinski definition) is 2. The predicted molar refractivity (Wildman–Crippen MR) is 85.0 cm³/mol. The molecule has 0 fully saturated rings. The molecule has 3 N–H and O–H groups in total. The summed E-state index contributed by atoms with van der Waals surface area (Å²) in [5.41, 5.74) is 9.20. The van der Waals surface area contributed by atoms with Gasteiger partial charge in [-0.2, -0.15) is 4.39 Å². The number of nitrogens with two attached hydrogens (primary N) is 1. The van der Waals surface area contributed by atoms with Crippen molar-refractivity contribution >= 4 is 28.2 Å². The molecular weight excluding hydrogens is 289 g/mol. The lowest BCUT2D eigenvalue weighted by Gasteiger charge is -2.06. The van der Waals surface area contributed by atoms with Gasteiger partial charge in [-0.05, 0) is 30.2 Å². The highest BCUT2D eigenvalue weighted by Gasteiger charge is 2.11. The van der Waals surface area contributed by atoms with E-state index >= 15 is 0 Å². The van der Waals surface area contributed by atoms with Crippen molar-refractivity contribution in [1.29, 1.82) is 0 Å². The number of halogens is 2. The highest BCUT2D eigenvalue weighted by Crippen LogP contribution is 2.34. The topological polar surface area (TPSA) is 54.7 Å². The molecule has 0 bridgehead atoms. The Morgan fingerprint density at radius 1 is 1.24 bits per heavy atom. The number of aromatic nitrogens is 2. The van der Waals surface area contributed by atoms with E-state index in [4.69, 9.17) is 17.3 Å². The molecule has 1 aromatic carbocycles. The molecule has 3 rings (SSSR count). The fourth-order valence-corrected chi connectivity index (χ4v) is 2.60. The molecule has 0 amide bonds. The van der Waals surface area contributed by atoms with Gasteiger partial charge in [0.2, 0.25) is 5.95 Å². The first kappa shape index (κ1) is 13.9. The Kier molecular flexibility index (Phi) is 3.33. The average molecular weight is 304 g/mol. The van der Waals surface area contributed by atoms with Crippen LogP contribution in [-0.2, 0) is 0 Å². The first-order valence-corrected chi connectivity index (χ1v) is 7.07. The van der Waals surface area contributed by atoms with Crippen LogP contribution < -0.4 is 5.73 Å². The van der Waals surface area contributed by atoms with Crippen LogP contribution in [-0.4, -0.2) is 9.97 Å². The van der Waals surface area contributed by atoms with Crippen LogP contribution in [0.1, 0.15) is 25.5 Å². The molecule has 5 heteroatoms. The van der Waals surface area contributed by atoms with E-state index in [0.29, 0.717) is 16.5 Å². The van der Waals surface area contributed by atoms with E-state index in [2.05, 4.69) is 29.9 Å². The zero-order valence-electron chi connectivity index (χ0n) is 11.7. The van der Waals surface area contributed by atoms with Gasteiger partial charge in [-0.1, -0.05) is 25.4 Å². The highest BCUT2D eigenvalue weighted by atomic mass is 35.5. The van der Waals surface area contributed by atoms with Gasteiger partial charge < -0.3 is 10.7 Å². The van der Waals surface area contributed by atoms with Crippen molar-refractivity contribution in [1.82, 2.24) is 9.97 Å². The summed E-state index contributed by atoms with van der Waals surface area (Å²) in [6, 6.07) is 7.47. The summed E-state index contributed by atoms with van der Waals surface area (Å²) in [4.78, 5) is 7.02. The smallest absolute Gasteiger partial charge is 0.236 e. The first-order valence-electron chi connectivity index (χ1n) is 6.69. The molecule has 0 unspecified atom stereocenters. The Balaban J connectivity index is 2.17. The number of nitrogen functional groups attached to an aromatic ring is 1. The number of H-pyrrole nitrogens is 1. The van der Waals surface area contributed by atoms with Crippen LogP contribution in [0.5, 0.6) is 0 Å². The SMILES string of the molecule is CC(C)c1cc2cc(Cl)c(-c3cnc(F)c(N)c3)cc2[nH]1. The second kappa shape index (κ2) is 5.04. The summed E-state index contributed by atoms with van der Waals surface area (Å²) in [5, 5.41) is 1.64. The Morgan fingerprint density at radius 3 is 2.67 bits per heavy atom. The Hall–Kier alpha value is -2.07. The van der Waals surface area contributed by atoms with Crippen LogP contribution in [0.2, 0.25) is 5.02 Å². The van der Waals surface area contributed by atoms with E-state index < -0.39 is 5.95 Å². The average Bonchev–Trinajstić information content (AvgIpc) is 2.84. The predicted octanol–water partition coefficient (Wildman–Crippen LogP) is 4.73. The number of pyridine rings is 1. The molecule has 0 saturated heterocycles. The second-order valence-corrected chi connectivity index (χ2v) is 5.81. The standard InChI is InChI=1S/C16H15ClFN3/c1-8(2)14-5-9-3-12(17)11(6-15(9)21-14)10-4-13(19)16(18)20-7-10/h3-8,21H,19H2,1-2H3. The third-order valence-electron chi connectivity index (χ3n) is 3.53. The van der Waals surface area contributed by atoms with Gasteiger partial charge in [-0.3, -0.25) is 0 Å². The summed E-state index contributed by atoms with van der Waals surface area (Å²) >= 11 is 6.34. The van der Waals surface area contributed by atoms with Crippen LogP contribution in [0.15, 0.2) is 30.5 Å². The van der Waals surface area contributed by atoms with Crippen molar-refractivity contribution in [3.05, 3.63) is 47.1 Å². The minimum atomic E-state index is -0.669. The summed E-state index contributed by atoms with van der Waals surface area (Å²) in [6.45, 7) is 4.25. The fraction of sp³-hybridized carbons (Fsp3) is 0.188. The van der Waals surface area contributed by atoms with E-state index in [1.165, 1.54) is 6.20 Å². The van der Waals surface area contributed by atoms with E-state index in [1.54, 1.807) is 6.07 Å². The van der Waals surface area contributed by atoms with Crippen molar-refractivity contribution in [3.8, 4) is 11.1 Å². The van der Waals surface area contributed by atoms with Crippen molar-refractivity contribution in [2.24, 2.45) is 0 Å². The van der Waals surface area contributed by atoms with Gasteiger partial charge in [0, 0.05) is 38.9 Å². The van der Waals surface area contributed by atoms with Crippen molar-refractivity contribution < 1.29 is 4.39 Å². The number of nitrogens with zero attached hydrogens (tertiary/aromatic N) is 1. The molecule has 0 atom stereocenters. The lowest BCUT2D eigenvalue weighted by molar-refractivity contribution is 0.589. The van der Waals surface area contributed by atoms with Gasteiger partial charge in [0.05, 0.1) is 5.69 Å². The highest BCUT2D eigenvalue weighted by molar-refractivity contribution is 6.34. The molecule has 108 valence electrons. The summed E-state index contributed by atoms with van der Waals surface area (Å²) in [6.07, 6.45) is 1.44. The molecule has 3 nitrogen and oxygen atoms in total. The van der Waals surface area contributed by atoms with Gasteiger partial charge >= 0.3 is 0 Å². The molecule has 21 heavy (non-hydrogen) atoms. The van der Waals surface area contributed by atoms with Gasteiger partial charge in [0.15, 0.2) is 0 Å². The number of rotatable bonds is 2. The van der Waals surface area contributed by atoms with Gasteiger partial charge in [-0.25, -0.2) is 4.98 Å². The Labute approximate surface area is 127 Å². The molecule has 2 heterocycles. The first-order chi connectivity index (χ1) is 9.95. The summed E-state index contributed by atoms with van der Waals surface area (Å²) in [7, 11) is 0. The molecule has 0 aliphatic heterocycles. The van der Waals surface area contributed by atoms with E-state index in [0.717, 1.165) is 22.2 Å². The third kappa shape index (κ3) is 2.47. The number of anilines is 1. The van der Waals surface area contributed by atoms with E-state index in [9.17, 15) is 4.39 Å². The van der Waals surface area contributed by atoms with Crippen molar-refractivity contribution in [2.45, 2.75) is 19.8 Å². The maximum atomic E-state index is 13.2. The molecule has 0 spiro atoms. The van der Waals surface area contributed by atoms with E-state index in [-0.39, 0.29) is 5.69 Å². The zero-order valence-corrected chi connectivity index (χ0v) is 12.5. The molecule has 0 aliphatic rings. The fourth-order valence-electron chi connectivity index (χ4n) is 2.32. The normalized spacial score (nSPS) is 11.5. The minimum Gasteiger partial charge on any atom is -0.395 e. The molecule has 0 aliphatic carbocycles. The summed E-state index contributed by atoms with van der Waals surface area (Å²) < 4.78 is 13.2. The number of nitrogens with one attached hydrogen (secondary N) is 1. The molecular formula is C16H15ClFN3. The number of hydrogen-bond donors (Lipinski definition) is 2. The third-order valence-corrected chi connectivity index (χ3v) is 3.84. The number of aromatic amines is 1. The zero-order chi connectivity index (χ0) is 15.1. The lowest BCUT2D eigenvalue weighted by atomic mass is 10.1. The van der Waals surface area contributed by atoms with Gasteiger partial charge in [-0.15, -0.1) is 0 Å². The van der Waals surface area contributed by atoms with Gasteiger partial charge in [0.1, 0.15) is 0 Å². The van der Waals surface area contributed by atoms with Crippen LogP contribution >= 0.6 is 11.6 Å². The van der Waals surface area contributed by atoms with Crippen LogP contribution in [0.4, 0.5) is 10.1 Å². The van der Waals surface area contributed by atoms with Crippen LogP contribution in [0.25, 0.3) is 22.0 Å². The number of fused-ring (bicyclic) bond motifs is 1. The Bertz CT molecular complexity index is 824. The summed E-state index contributed by atoms with van der Waals surface area (Å²) in [5.74, 6) is -0.263. The molecule has 0 radical (unpaired) electrons. The van der Waals surface area contributed by atoms with Crippen molar-refractivity contribution in [2.75, 3.05) is 5.73 Å². The van der Waals surface area contributed by atoms with Crippen LogP contribution in [0, 0.1) is 5.95 Å². The molecule has 0 saturated carbocycles. The van der Waals surface area contributed by atoms with E-state index in [1.807, 2.05) is 12.1 Å². The molecule has 2 aromatic heterocycles. The lowest BCUT2D eigenvalue weighted by Crippen LogP contribution is -1.94. The number of benzene rings is 1. The maximum Gasteiger partial charge on any atom is 0.236 e. The maximum absolute atomic E-state index is 13.2. The Morgan fingerprint density at radius 2 is 2.00 bits per heavy atom. The van der Waals surface area contributed by atoms with Crippen molar-refractivity contribution in [3.63, 3.8) is 0 Å². The second-order valence-electron chi connectivity index (χ2n) is 5.40. The molecule has 3 aromatic rings. The van der Waals surface area contributed by atoms with Crippen LogP contribution in [0.3, 0.4) is 0 Å².